The monoisotopic (exact) mass is 344 g/mol. The van der Waals surface area contributed by atoms with Gasteiger partial charge < -0.3 is 14.4 Å². The van der Waals surface area contributed by atoms with Crippen LogP contribution in [0.5, 0.6) is 5.75 Å². The molecule has 4 rings (SSSR count). The van der Waals surface area contributed by atoms with Crippen LogP contribution in [-0.4, -0.2) is 63.4 Å². The molecule has 0 bridgehead atoms. The number of likely N-dealkylation sites (tertiary alicyclic amines) is 2. The van der Waals surface area contributed by atoms with E-state index >= 15 is 0 Å². The van der Waals surface area contributed by atoms with Gasteiger partial charge in [-0.1, -0.05) is 18.2 Å². The third-order valence-corrected chi connectivity index (χ3v) is 6.40. The molecule has 3 fully saturated rings. The lowest BCUT2D eigenvalue weighted by Crippen LogP contribution is -2.36. The highest BCUT2D eigenvalue weighted by molar-refractivity contribution is 5.33. The fourth-order valence-corrected chi connectivity index (χ4v) is 4.85. The number of hydrogen-bond acceptors (Lipinski definition) is 4. The van der Waals surface area contributed by atoms with Crippen LogP contribution in [0.15, 0.2) is 24.3 Å². The molecule has 1 saturated carbocycles. The van der Waals surface area contributed by atoms with Crippen LogP contribution < -0.4 is 4.74 Å². The minimum atomic E-state index is 0.417. The lowest BCUT2D eigenvalue weighted by molar-refractivity contribution is 0.0556. The van der Waals surface area contributed by atoms with Crippen molar-refractivity contribution >= 4 is 0 Å². The first kappa shape index (κ1) is 17.3. The molecule has 2 atom stereocenters. The SMILES string of the molecule is COc1ccccc1CN1CC[C@]2(CN(C)C[C@H]2COCC2CC2)C1. The first-order valence-electron chi connectivity index (χ1n) is 9.79. The maximum Gasteiger partial charge on any atom is 0.123 e. The van der Waals surface area contributed by atoms with Crippen molar-refractivity contribution in [3.8, 4) is 5.75 Å². The van der Waals surface area contributed by atoms with Crippen LogP contribution in [0, 0.1) is 17.3 Å². The average molecular weight is 344 g/mol. The number of hydrogen-bond donors (Lipinski definition) is 0. The van der Waals surface area contributed by atoms with E-state index in [1.807, 2.05) is 6.07 Å². The van der Waals surface area contributed by atoms with Crippen molar-refractivity contribution in [1.82, 2.24) is 9.80 Å². The lowest BCUT2D eigenvalue weighted by Gasteiger charge is -2.30. The number of ether oxygens (including phenoxy) is 2. The minimum absolute atomic E-state index is 0.417. The predicted molar refractivity (Wildman–Crippen MR) is 99.9 cm³/mol. The Kier molecular flexibility index (Phi) is 5.03. The molecule has 2 saturated heterocycles. The van der Waals surface area contributed by atoms with E-state index in [1.165, 1.54) is 51.0 Å². The van der Waals surface area contributed by atoms with Gasteiger partial charge in [0.2, 0.25) is 0 Å². The van der Waals surface area contributed by atoms with E-state index in [-0.39, 0.29) is 0 Å². The van der Waals surface area contributed by atoms with Gasteiger partial charge in [0.05, 0.1) is 13.7 Å². The number of benzene rings is 1. The molecule has 0 radical (unpaired) electrons. The van der Waals surface area contributed by atoms with E-state index in [4.69, 9.17) is 9.47 Å². The highest BCUT2D eigenvalue weighted by Crippen LogP contribution is 2.44. The molecule has 1 aliphatic carbocycles. The molecule has 1 spiro atoms. The normalized spacial score (nSPS) is 30.4. The van der Waals surface area contributed by atoms with Gasteiger partial charge in [-0.05, 0) is 44.8 Å². The zero-order valence-electron chi connectivity index (χ0n) is 15.7. The molecule has 4 nitrogen and oxygen atoms in total. The maximum atomic E-state index is 6.10. The first-order valence-corrected chi connectivity index (χ1v) is 9.79. The Balaban J connectivity index is 1.38. The van der Waals surface area contributed by atoms with Crippen LogP contribution in [0.4, 0.5) is 0 Å². The molecule has 2 aliphatic heterocycles. The topological polar surface area (TPSA) is 24.9 Å². The zero-order valence-corrected chi connectivity index (χ0v) is 15.7. The number of rotatable bonds is 7. The minimum Gasteiger partial charge on any atom is -0.496 e. The van der Waals surface area contributed by atoms with Gasteiger partial charge in [-0.2, -0.15) is 0 Å². The summed E-state index contributed by atoms with van der Waals surface area (Å²) in [6.07, 6.45) is 4.05. The largest absolute Gasteiger partial charge is 0.496 e. The van der Waals surface area contributed by atoms with Crippen molar-refractivity contribution in [2.24, 2.45) is 17.3 Å². The van der Waals surface area contributed by atoms with Gasteiger partial charge in [-0.3, -0.25) is 4.90 Å². The summed E-state index contributed by atoms with van der Waals surface area (Å²) in [4.78, 5) is 5.13. The fourth-order valence-electron chi connectivity index (χ4n) is 4.85. The van der Waals surface area contributed by atoms with Crippen LogP contribution in [0.25, 0.3) is 0 Å². The number of para-hydroxylation sites is 1. The second-order valence-electron chi connectivity index (χ2n) is 8.51. The Morgan fingerprint density at radius 1 is 1.16 bits per heavy atom. The number of methoxy groups -OCH3 is 1. The van der Waals surface area contributed by atoms with Crippen LogP contribution in [0.3, 0.4) is 0 Å². The van der Waals surface area contributed by atoms with Crippen LogP contribution in [-0.2, 0) is 11.3 Å². The summed E-state index contributed by atoms with van der Waals surface area (Å²) < 4.78 is 11.6. The summed E-state index contributed by atoms with van der Waals surface area (Å²) in [6, 6.07) is 8.43. The Morgan fingerprint density at radius 2 is 2.00 bits per heavy atom. The van der Waals surface area contributed by atoms with Gasteiger partial charge in [-0.25, -0.2) is 0 Å². The quantitative estimate of drug-likeness (QED) is 0.759. The molecule has 138 valence electrons. The van der Waals surface area contributed by atoms with Crippen LogP contribution in [0.2, 0.25) is 0 Å². The summed E-state index contributed by atoms with van der Waals surface area (Å²) in [5.41, 5.74) is 1.72. The van der Waals surface area contributed by atoms with Gasteiger partial charge >= 0.3 is 0 Å². The molecule has 25 heavy (non-hydrogen) atoms. The molecule has 0 N–H and O–H groups in total. The van der Waals surface area contributed by atoms with Crippen molar-refractivity contribution in [3.63, 3.8) is 0 Å². The zero-order chi connectivity index (χ0) is 17.3. The van der Waals surface area contributed by atoms with E-state index in [1.54, 1.807) is 7.11 Å². The molecule has 0 aromatic heterocycles. The smallest absolute Gasteiger partial charge is 0.123 e. The van der Waals surface area contributed by atoms with Gasteiger partial charge in [0, 0.05) is 49.7 Å². The summed E-state index contributed by atoms with van der Waals surface area (Å²) in [6.45, 7) is 7.70. The standard InChI is InChI=1S/C21H32N2O2/c1-22-12-19(14-25-13-17-7-8-17)21(15-22)9-10-23(16-21)11-18-5-3-4-6-20(18)24-2/h3-6,17,19H,7-16H2,1-2H3/t19-,21-/m0/s1. The third kappa shape index (κ3) is 3.86. The van der Waals surface area contributed by atoms with E-state index in [9.17, 15) is 0 Å². The Hall–Kier alpha value is -1.10. The molecule has 0 amide bonds. The van der Waals surface area contributed by atoms with Crippen molar-refractivity contribution in [3.05, 3.63) is 29.8 Å². The highest BCUT2D eigenvalue weighted by atomic mass is 16.5. The van der Waals surface area contributed by atoms with Gasteiger partial charge in [0.25, 0.3) is 0 Å². The number of nitrogens with zero attached hydrogens (tertiary/aromatic N) is 2. The molecule has 4 heteroatoms. The highest BCUT2D eigenvalue weighted by Gasteiger charge is 2.49. The molecule has 0 unspecified atom stereocenters. The summed E-state index contributed by atoms with van der Waals surface area (Å²) in [5, 5.41) is 0. The van der Waals surface area contributed by atoms with Crippen LogP contribution in [0.1, 0.15) is 24.8 Å². The first-order chi connectivity index (χ1) is 12.2. The molecule has 1 aromatic carbocycles. The van der Waals surface area contributed by atoms with Gasteiger partial charge in [0.15, 0.2) is 0 Å². The molecule has 1 aromatic rings. The summed E-state index contributed by atoms with van der Waals surface area (Å²) in [7, 11) is 4.04. The van der Waals surface area contributed by atoms with Crippen LogP contribution >= 0.6 is 0 Å². The second kappa shape index (κ2) is 7.26. The van der Waals surface area contributed by atoms with Crippen molar-refractivity contribution in [2.45, 2.75) is 25.8 Å². The Bertz CT molecular complexity index is 589. The van der Waals surface area contributed by atoms with Gasteiger partial charge in [-0.15, -0.1) is 0 Å². The molecule has 3 aliphatic rings. The molecular weight excluding hydrogens is 312 g/mol. The Labute approximate surface area is 152 Å². The lowest BCUT2D eigenvalue weighted by atomic mass is 9.77. The average Bonchev–Trinajstić information content (AvgIpc) is 3.27. The van der Waals surface area contributed by atoms with Crippen molar-refractivity contribution < 1.29 is 9.47 Å². The van der Waals surface area contributed by atoms with E-state index in [0.29, 0.717) is 11.3 Å². The van der Waals surface area contributed by atoms with E-state index < -0.39 is 0 Å². The molecular formula is C21H32N2O2. The predicted octanol–water partition coefficient (Wildman–Crippen LogP) is 2.88. The second-order valence-corrected chi connectivity index (χ2v) is 8.51. The van der Waals surface area contributed by atoms with Crippen molar-refractivity contribution in [2.75, 3.05) is 53.6 Å². The fraction of sp³-hybridized carbons (Fsp3) is 0.714. The third-order valence-electron chi connectivity index (χ3n) is 6.40. The van der Waals surface area contributed by atoms with Gasteiger partial charge in [0.1, 0.15) is 5.75 Å². The summed E-state index contributed by atoms with van der Waals surface area (Å²) in [5.74, 6) is 2.55. The van der Waals surface area contributed by atoms with Crippen molar-refractivity contribution in [1.29, 1.82) is 0 Å². The summed E-state index contributed by atoms with van der Waals surface area (Å²) >= 11 is 0. The Morgan fingerprint density at radius 3 is 2.80 bits per heavy atom. The molecule has 2 heterocycles. The maximum absolute atomic E-state index is 6.10. The van der Waals surface area contributed by atoms with E-state index in [2.05, 4.69) is 35.0 Å². The van der Waals surface area contributed by atoms with E-state index in [0.717, 1.165) is 31.4 Å².